The summed E-state index contributed by atoms with van der Waals surface area (Å²) in [6.45, 7) is 0. The summed E-state index contributed by atoms with van der Waals surface area (Å²) in [6, 6.07) is 6.17. The molecule has 1 aliphatic rings. The topological polar surface area (TPSA) is 49.7 Å². The number of phenols is 2. The number of fused-ring (bicyclic) bond motifs is 2. The zero-order chi connectivity index (χ0) is 13.6. The molecule has 0 unspecified atom stereocenters. The van der Waals surface area contributed by atoms with Crippen molar-refractivity contribution < 1.29 is 14.9 Å². The number of aromatic hydroxyl groups is 2. The maximum Gasteiger partial charge on any atom is 0.149 e. The lowest BCUT2D eigenvalue weighted by molar-refractivity contribution is 0.427. The molecule has 3 rings (SSSR count). The van der Waals surface area contributed by atoms with Crippen molar-refractivity contribution in [2.75, 3.05) is 0 Å². The van der Waals surface area contributed by atoms with Gasteiger partial charge in [-0.15, -0.1) is 0 Å². The lowest BCUT2D eigenvalue weighted by Gasteiger charge is -2.11. The fraction of sp³-hybridized carbons (Fsp3) is 0.143. The number of benzene rings is 2. The van der Waals surface area contributed by atoms with E-state index < -0.39 is 0 Å². The maximum absolute atomic E-state index is 9.87. The molecule has 0 fully saturated rings. The van der Waals surface area contributed by atoms with Crippen LogP contribution in [0, 0.1) is 0 Å². The van der Waals surface area contributed by atoms with Crippen LogP contribution in [0.4, 0.5) is 0 Å². The molecule has 0 aromatic heterocycles. The first-order valence-corrected chi connectivity index (χ1v) is 6.51. The Morgan fingerprint density at radius 1 is 1.00 bits per heavy atom. The summed E-state index contributed by atoms with van der Waals surface area (Å²) in [6.07, 6.45) is 1.24. The quantitative estimate of drug-likeness (QED) is 0.762. The van der Waals surface area contributed by atoms with Gasteiger partial charge in [-0.25, -0.2) is 0 Å². The maximum atomic E-state index is 9.87. The Balaban J connectivity index is 2.16. The summed E-state index contributed by atoms with van der Waals surface area (Å²) >= 11 is 12.1. The van der Waals surface area contributed by atoms with E-state index in [4.69, 9.17) is 27.9 Å². The minimum atomic E-state index is -0.0511. The predicted molar refractivity (Wildman–Crippen MR) is 73.7 cm³/mol. The molecular weight excluding hydrogens is 287 g/mol. The van der Waals surface area contributed by atoms with Gasteiger partial charge in [-0.1, -0.05) is 23.2 Å². The van der Waals surface area contributed by atoms with Crippen LogP contribution in [0.2, 0.25) is 10.0 Å². The number of rotatable bonds is 0. The van der Waals surface area contributed by atoms with Gasteiger partial charge in [0.2, 0.25) is 0 Å². The lowest BCUT2D eigenvalue weighted by Crippen LogP contribution is -1.89. The molecule has 2 N–H and O–H groups in total. The molecule has 0 saturated heterocycles. The Hall–Kier alpha value is -1.58. The van der Waals surface area contributed by atoms with Gasteiger partial charge in [0.25, 0.3) is 0 Å². The Morgan fingerprint density at radius 2 is 1.79 bits per heavy atom. The van der Waals surface area contributed by atoms with Crippen LogP contribution in [0.3, 0.4) is 0 Å². The Labute approximate surface area is 120 Å². The highest BCUT2D eigenvalue weighted by molar-refractivity contribution is 6.35. The molecule has 0 amide bonds. The second-order valence-electron chi connectivity index (χ2n) is 4.42. The number of aryl methyl sites for hydroxylation is 1. The lowest BCUT2D eigenvalue weighted by atomic mass is 10.0. The van der Waals surface area contributed by atoms with Crippen LogP contribution in [-0.4, -0.2) is 10.2 Å². The van der Waals surface area contributed by atoms with Crippen molar-refractivity contribution in [2.45, 2.75) is 12.8 Å². The first-order chi connectivity index (χ1) is 9.04. The monoisotopic (exact) mass is 296 g/mol. The number of phenolic OH excluding ortho intramolecular Hbond substituents is 2. The Kier molecular flexibility index (Phi) is 2.96. The summed E-state index contributed by atoms with van der Waals surface area (Å²) in [5.74, 6) is 0.908. The van der Waals surface area contributed by atoms with E-state index in [0.29, 0.717) is 39.9 Å². The predicted octanol–water partition coefficient (Wildman–Crippen LogP) is 4.30. The van der Waals surface area contributed by atoms with Crippen molar-refractivity contribution in [3.63, 3.8) is 0 Å². The fourth-order valence-corrected chi connectivity index (χ4v) is 2.82. The summed E-state index contributed by atoms with van der Waals surface area (Å²) in [4.78, 5) is 0. The van der Waals surface area contributed by atoms with E-state index in [2.05, 4.69) is 0 Å². The van der Waals surface area contributed by atoms with E-state index in [-0.39, 0.29) is 11.5 Å². The van der Waals surface area contributed by atoms with Crippen LogP contribution in [0.5, 0.6) is 23.0 Å². The zero-order valence-electron chi connectivity index (χ0n) is 9.78. The molecule has 19 heavy (non-hydrogen) atoms. The summed E-state index contributed by atoms with van der Waals surface area (Å²) in [7, 11) is 0. The molecule has 0 aliphatic carbocycles. The van der Waals surface area contributed by atoms with Gasteiger partial charge in [-0.2, -0.15) is 0 Å². The molecule has 0 bridgehead atoms. The van der Waals surface area contributed by atoms with Gasteiger partial charge in [0, 0.05) is 22.7 Å². The first kappa shape index (κ1) is 12.5. The molecule has 0 radical (unpaired) electrons. The molecule has 5 heteroatoms. The van der Waals surface area contributed by atoms with Crippen molar-refractivity contribution >= 4 is 23.2 Å². The second-order valence-corrected chi connectivity index (χ2v) is 5.26. The highest BCUT2D eigenvalue weighted by Gasteiger charge is 2.21. The SMILES string of the molecule is Oc1cc(O)c2c(c1)Oc1c(Cl)cc(Cl)cc1CC2. The molecule has 2 aromatic rings. The van der Waals surface area contributed by atoms with Gasteiger partial charge in [-0.05, 0) is 30.5 Å². The van der Waals surface area contributed by atoms with Crippen molar-refractivity contribution in [3.05, 3.63) is 45.4 Å². The number of hydrogen-bond acceptors (Lipinski definition) is 3. The average molecular weight is 297 g/mol. The largest absolute Gasteiger partial charge is 0.508 e. The molecule has 98 valence electrons. The van der Waals surface area contributed by atoms with Crippen molar-refractivity contribution in [1.82, 2.24) is 0 Å². The minimum Gasteiger partial charge on any atom is -0.508 e. The Bertz CT molecular complexity index is 668. The highest BCUT2D eigenvalue weighted by atomic mass is 35.5. The number of hydrogen-bond donors (Lipinski definition) is 2. The van der Waals surface area contributed by atoms with E-state index in [1.54, 1.807) is 12.1 Å². The van der Waals surface area contributed by atoms with E-state index in [0.717, 1.165) is 5.56 Å². The van der Waals surface area contributed by atoms with E-state index in [1.165, 1.54) is 12.1 Å². The normalized spacial score (nSPS) is 13.2. The molecular formula is C14H10Cl2O3. The zero-order valence-corrected chi connectivity index (χ0v) is 11.3. The fourth-order valence-electron chi connectivity index (χ4n) is 2.24. The van der Waals surface area contributed by atoms with Crippen LogP contribution in [0.15, 0.2) is 24.3 Å². The van der Waals surface area contributed by atoms with Gasteiger partial charge in [-0.3, -0.25) is 0 Å². The van der Waals surface area contributed by atoms with Gasteiger partial charge >= 0.3 is 0 Å². The van der Waals surface area contributed by atoms with Gasteiger partial charge < -0.3 is 14.9 Å². The summed E-state index contributed by atoms with van der Waals surface area (Å²) in [5.41, 5.74) is 1.54. The molecule has 1 aliphatic heterocycles. The van der Waals surface area contributed by atoms with Crippen LogP contribution in [0.25, 0.3) is 0 Å². The Morgan fingerprint density at radius 3 is 2.58 bits per heavy atom. The smallest absolute Gasteiger partial charge is 0.149 e. The molecule has 0 spiro atoms. The summed E-state index contributed by atoms with van der Waals surface area (Å²) in [5, 5.41) is 20.4. The molecule has 2 aromatic carbocycles. The molecule has 0 saturated carbocycles. The highest BCUT2D eigenvalue weighted by Crippen LogP contribution is 2.43. The average Bonchev–Trinajstić information content (AvgIpc) is 2.48. The molecule has 0 atom stereocenters. The number of halogens is 2. The summed E-state index contributed by atoms with van der Waals surface area (Å²) < 4.78 is 5.74. The molecule has 1 heterocycles. The van der Waals surface area contributed by atoms with Gasteiger partial charge in [0.15, 0.2) is 0 Å². The standard InChI is InChI=1S/C14H10Cl2O3/c15-8-3-7-1-2-10-12(18)5-9(17)6-13(10)19-14(7)11(16)4-8/h3-6,17-18H,1-2H2. The third kappa shape index (κ3) is 2.20. The van der Waals surface area contributed by atoms with Gasteiger partial charge in [0.1, 0.15) is 23.0 Å². The van der Waals surface area contributed by atoms with Crippen LogP contribution >= 0.6 is 23.2 Å². The first-order valence-electron chi connectivity index (χ1n) is 5.75. The van der Waals surface area contributed by atoms with E-state index >= 15 is 0 Å². The van der Waals surface area contributed by atoms with E-state index in [1.807, 2.05) is 0 Å². The third-order valence-electron chi connectivity index (χ3n) is 3.11. The molecule has 3 nitrogen and oxygen atoms in total. The third-order valence-corrected chi connectivity index (χ3v) is 3.61. The van der Waals surface area contributed by atoms with E-state index in [9.17, 15) is 10.2 Å². The minimum absolute atomic E-state index is 0.0185. The van der Waals surface area contributed by atoms with Crippen LogP contribution in [0.1, 0.15) is 11.1 Å². The van der Waals surface area contributed by atoms with Gasteiger partial charge in [0.05, 0.1) is 5.02 Å². The van der Waals surface area contributed by atoms with Crippen molar-refractivity contribution in [2.24, 2.45) is 0 Å². The van der Waals surface area contributed by atoms with Crippen LogP contribution in [-0.2, 0) is 12.8 Å². The number of ether oxygens (including phenoxy) is 1. The van der Waals surface area contributed by atoms with Crippen molar-refractivity contribution in [1.29, 1.82) is 0 Å². The van der Waals surface area contributed by atoms with Crippen molar-refractivity contribution in [3.8, 4) is 23.0 Å². The second kappa shape index (κ2) is 4.51. The van der Waals surface area contributed by atoms with Crippen LogP contribution < -0.4 is 4.74 Å².